The third-order valence-corrected chi connectivity index (χ3v) is 2.99. The van der Waals surface area contributed by atoms with Crippen LogP contribution in [0.2, 0.25) is 0 Å². The zero-order chi connectivity index (χ0) is 15.2. The van der Waals surface area contributed by atoms with Crippen LogP contribution >= 0.6 is 0 Å². The zero-order valence-electron chi connectivity index (χ0n) is 11.8. The van der Waals surface area contributed by atoms with Crippen LogP contribution in [-0.4, -0.2) is 19.1 Å². The van der Waals surface area contributed by atoms with Gasteiger partial charge in [0.2, 0.25) is 0 Å². The van der Waals surface area contributed by atoms with Crippen LogP contribution in [0.15, 0.2) is 42.5 Å². The maximum atomic E-state index is 10.9. The molecule has 21 heavy (non-hydrogen) atoms. The molecule has 6 heteroatoms. The van der Waals surface area contributed by atoms with Crippen molar-refractivity contribution in [2.24, 2.45) is 0 Å². The molecule has 2 rings (SSSR count). The van der Waals surface area contributed by atoms with Gasteiger partial charge in [-0.05, 0) is 17.7 Å². The van der Waals surface area contributed by atoms with Crippen LogP contribution in [0.5, 0.6) is 11.5 Å². The van der Waals surface area contributed by atoms with E-state index in [4.69, 9.17) is 9.47 Å². The van der Waals surface area contributed by atoms with Crippen molar-refractivity contribution in [3.05, 3.63) is 58.1 Å². The summed E-state index contributed by atoms with van der Waals surface area (Å²) in [6.45, 7) is 0.550. The second-order valence-corrected chi connectivity index (χ2v) is 4.38. The number of nitro groups is 1. The first-order valence-electron chi connectivity index (χ1n) is 6.32. The fraction of sp³-hybridized carbons (Fsp3) is 0.200. The van der Waals surface area contributed by atoms with Gasteiger partial charge in [-0.1, -0.05) is 12.1 Å². The number of nitrogens with zero attached hydrogens (tertiary/aromatic N) is 1. The number of methoxy groups -OCH3 is 2. The van der Waals surface area contributed by atoms with Crippen LogP contribution in [0.3, 0.4) is 0 Å². The number of anilines is 1. The van der Waals surface area contributed by atoms with Gasteiger partial charge in [0.25, 0.3) is 5.69 Å². The van der Waals surface area contributed by atoms with E-state index >= 15 is 0 Å². The van der Waals surface area contributed by atoms with Crippen LogP contribution in [0.25, 0.3) is 0 Å². The summed E-state index contributed by atoms with van der Waals surface area (Å²) < 4.78 is 10.2. The average molecular weight is 288 g/mol. The van der Waals surface area contributed by atoms with Gasteiger partial charge in [0.1, 0.15) is 11.5 Å². The van der Waals surface area contributed by atoms with E-state index in [9.17, 15) is 10.1 Å². The molecule has 110 valence electrons. The van der Waals surface area contributed by atoms with Crippen LogP contribution < -0.4 is 14.8 Å². The van der Waals surface area contributed by atoms with Gasteiger partial charge in [0, 0.05) is 24.4 Å². The molecule has 0 unspecified atom stereocenters. The Labute approximate surface area is 122 Å². The van der Waals surface area contributed by atoms with E-state index in [1.807, 2.05) is 24.3 Å². The summed E-state index contributed by atoms with van der Waals surface area (Å²) in [5.74, 6) is 1.23. The number of nitro benzene ring substituents is 1. The molecular weight excluding hydrogens is 272 g/mol. The van der Waals surface area contributed by atoms with E-state index in [-0.39, 0.29) is 5.69 Å². The molecule has 2 aromatic carbocycles. The third kappa shape index (κ3) is 3.85. The lowest BCUT2D eigenvalue weighted by Gasteiger charge is -2.09. The molecule has 2 aromatic rings. The van der Waals surface area contributed by atoms with E-state index < -0.39 is 4.92 Å². The van der Waals surface area contributed by atoms with Gasteiger partial charge < -0.3 is 14.8 Å². The Hall–Kier alpha value is -2.76. The van der Waals surface area contributed by atoms with E-state index in [2.05, 4.69) is 5.32 Å². The molecule has 0 saturated carbocycles. The summed E-state index contributed by atoms with van der Waals surface area (Å²) in [5, 5.41) is 14.0. The molecular formula is C15H16N2O4. The number of nitrogens with one attached hydrogen (secondary N) is 1. The van der Waals surface area contributed by atoms with Gasteiger partial charge in [-0.25, -0.2) is 0 Å². The van der Waals surface area contributed by atoms with Crippen molar-refractivity contribution in [3.8, 4) is 11.5 Å². The quantitative estimate of drug-likeness (QED) is 0.652. The molecule has 1 N–H and O–H groups in total. The normalized spacial score (nSPS) is 10.0. The number of benzene rings is 2. The Bertz CT molecular complexity index is 626. The lowest BCUT2D eigenvalue weighted by atomic mass is 10.2. The molecule has 0 saturated heterocycles. The first kappa shape index (κ1) is 14.6. The Kier molecular flexibility index (Phi) is 4.61. The second-order valence-electron chi connectivity index (χ2n) is 4.38. The first-order valence-corrected chi connectivity index (χ1v) is 6.32. The fourth-order valence-corrected chi connectivity index (χ4v) is 1.86. The fourth-order valence-electron chi connectivity index (χ4n) is 1.86. The van der Waals surface area contributed by atoms with Crippen LogP contribution in [0, 0.1) is 10.1 Å². The monoisotopic (exact) mass is 288 g/mol. The second kappa shape index (κ2) is 6.60. The molecule has 0 amide bonds. The van der Waals surface area contributed by atoms with Gasteiger partial charge in [0.15, 0.2) is 0 Å². The van der Waals surface area contributed by atoms with Gasteiger partial charge in [0.05, 0.1) is 25.2 Å². The Balaban J connectivity index is 2.11. The van der Waals surface area contributed by atoms with Gasteiger partial charge in [-0.2, -0.15) is 0 Å². The minimum absolute atomic E-state index is 0.00780. The van der Waals surface area contributed by atoms with Crippen molar-refractivity contribution in [1.29, 1.82) is 0 Å². The average Bonchev–Trinajstić information content (AvgIpc) is 2.53. The van der Waals surface area contributed by atoms with Crippen molar-refractivity contribution in [1.82, 2.24) is 0 Å². The molecule has 6 nitrogen and oxygen atoms in total. The third-order valence-electron chi connectivity index (χ3n) is 2.99. The van der Waals surface area contributed by atoms with Gasteiger partial charge in [-0.15, -0.1) is 0 Å². The number of hydrogen-bond donors (Lipinski definition) is 1. The summed E-state index contributed by atoms with van der Waals surface area (Å²) in [6, 6.07) is 12.2. The topological polar surface area (TPSA) is 73.6 Å². The van der Waals surface area contributed by atoms with Crippen LogP contribution in [0.1, 0.15) is 5.56 Å². The molecule has 0 atom stereocenters. The standard InChI is InChI=1S/C15H16N2O4/c1-20-14-5-3-11(4-6-14)10-16-12-7-13(17(18)19)9-15(8-12)21-2/h3-9,16H,10H2,1-2H3. The van der Waals surface area contributed by atoms with E-state index in [0.717, 1.165) is 11.3 Å². The van der Waals surface area contributed by atoms with Crippen LogP contribution in [0.4, 0.5) is 11.4 Å². The molecule has 0 heterocycles. The summed E-state index contributed by atoms with van der Waals surface area (Å²) in [6.07, 6.45) is 0. The number of rotatable bonds is 6. The van der Waals surface area contributed by atoms with E-state index in [1.165, 1.54) is 19.2 Å². The molecule has 0 spiro atoms. The largest absolute Gasteiger partial charge is 0.497 e. The zero-order valence-corrected chi connectivity index (χ0v) is 11.8. The molecule has 0 bridgehead atoms. The Morgan fingerprint density at radius 1 is 1.05 bits per heavy atom. The van der Waals surface area contributed by atoms with E-state index in [0.29, 0.717) is 18.0 Å². The highest BCUT2D eigenvalue weighted by Gasteiger charge is 2.10. The van der Waals surface area contributed by atoms with Crippen molar-refractivity contribution in [3.63, 3.8) is 0 Å². The molecule has 0 aliphatic rings. The number of ether oxygens (including phenoxy) is 2. The van der Waals surface area contributed by atoms with Crippen molar-refractivity contribution < 1.29 is 14.4 Å². The van der Waals surface area contributed by atoms with Crippen LogP contribution in [-0.2, 0) is 6.54 Å². The highest BCUT2D eigenvalue weighted by molar-refractivity contribution is 5.56. The van der Waals surface area contributed by atoms with E-state index in [1.54, 1.807) is 13.2 Å². The predicted octanol–water partition coefficient (Wildman–Crippen LogP) is 3.22. The highest BCUT2D eigenvalue weighted by Crippen LogP contribution is 2.26. The Morgan fingerprint density at radius 2 is 1.71 bits per heavy atom. The maximum absolute atomic E-state index is 10.9. The molecule has 0 radical (unpaired) electrons. The first-order chi connectivity index (χ1) is 10.1. The number of non-ortho nitro benzene ring substituents is 1. The van der Waals surface area contributed by atoms with Crippen molar-refractivity contribution in [2.45, 2.75) is 6.54 Å². The SMILES string of the molecule is COc1ccc(CNc2cc(OC)cc([N+](=O)[O-])c2)cc1. The summed E-state index contributed by atoms with van der Waals surface area (Å²) in [4.78, 5) is 10.4. The molecule has 0 aliphatic carbocycles. The van der Waals surface area contributed by atoms with Crippen molar-refractivity contribution in [2.75, 3.05) is 19.5 Å². The molecule has 0 aliphatic heterocycles. The lowest BCUT2D eigenvalue weighted by Crippen LogP contribution is -2.01. The Morgan fingerprint density at radius 3 is 2.29 bits per heavy atom. The molecule has 0 aromatic heterocycles. The number of hydrogen-bond acceptors (Lipinski definition) is 5. The molecule has 0 fully saturated rings. The van der Waals surface area contributed by atoms with Gasteiger partial charge in [-0.3, -0.25) is 10.1 Å². The summed E-state index contributed by atoms with van der Waals surface area (Å²) in [5.41, 5.74) is 1.67. The maximum Gasteiger partial charge on any atom is 0.275 e. The predicted molar refractivity (Wildman–Crippen MR) is 80.0 cm³/mol. The highest BCUT2D eigenvalue weighted by atomic mass is 16.6. The smallest absolute Gasteiger partial charge is 0.275 e. The lowest BCUT2D eigenvalue weighted by molar-refractivity contribution is -0.384. The summed E-state index contributed by atoms with van der Waals surface area (Å²) in [7, 11) is 3.09. The van der Waals surface area contributed by atoms with Crippen molar-refractivity contribution >= 4 is 11.4 Å². The van der Waals surface area contributed by atoms with Gasteiger partial charge >= 0.3 is 0 Å². The minimum atomic E-state index is -0.443. The minimum Gasteiger partial charge on any atom is -0.497 e. The summed E-state index contributed by atoms with van der Waals surface area (Å²) >= 11 is 0.